The summed E-state index contributed by atoms with van der Waals surface area (Å²) in [6.45, 7) is 5.93. The molecule has 100 valence electrons. The Kier molecular flexibility index (Phi) is 3.19. The van der Waals surface area contributed by atoms with Gasteiger partial charge >= 0.3 is 6.18 Å². The highest BCUT2D eigenvalue weighted by Crippen LogP contribution is 2.54. The quantitative estimate of drug-likeness (QED) is 0.810. The Bertz CT molecular complexity index is 286. The van der Waals surface area contributed by atoms with E-state index >= 15 is 0 Å². The molecule has 1 heterocycles. The van der Waals surface area contributed by atoms with Crippen LogP contribution in [0.1, 0.15) is 39.5 Å². The molecule has 1 saturated carbocycles. The molecule has 1 aliphatic heterocycles. The summed E-state index contributed by atoms with van der Waals surface area (Å²) >= 11 is 0. The molecule has 0 radical (unpaired) electrons. The van der Waals surface area contributed by atoms with Gasteiger partial charge in [-0.2, -0.15) is 13.2 Å². The lowest BCUT2D eigenvalue weighted by Crippen LogP contribution is -2.55. The first-order valence-corrected chi connectivity index (χ1v) is 6.40. The molecule has 5 heteroatoms. The van der Waals surface area contributed by atoms with Gasteiger partial charge in [-0.1, -0.05) is 6.92 Å². The fraction of sp³-hybridized carbons (Fsp3) is 1.00. The van der Waals surface area contributed by atoms with E-state index in [1.165, 1.54) is 0 Å². The third kappa shape index (κ3) is 2.32. The Morgan fingerprint density at radius 2 is 1.94 bits per heavy atom. The number of nitrogens with zero attached hydrogens (tertiary/aromatic N) is 1. The molecular formula is C12H21F3N2. The Labute approximate surface area is 101 Å². The minimum atomic E-state index is -4.08. The largest absolute Gasteiger partial charge is 0.406 e. The van der Waals surface area contributed by atoms with Crippen LogP contribution in [0.25, 0.3) is 0 Å². The van der Waals surface area contributed by atoms with Crippen molar-refractivity contribution in [3.8, 4) is 0 Å². The molecule has 0 spiro atoms. The number of rotatable bonds is 2. The second kappa shape index (κ2) is 4.12. The highest BCUT2D eigenvalue weighted by Gasteiger charge is 2.66. The van der Waals surface area contributed by atoms with E-state index in [-0.39, 0.29) is 18.4 Å². The first-order chi connectivity index (χ1) is 7.83. The van der Waals surface area contributed by atoms with Gasteiger partial charge in [-0.05, 0) is 39.2 Å². The lowest BCUT2D eigenvalue weighted by molar-refractivity contribution is -0.197. The maximum absolute atomic E-state index is 13.1. The molecule has 1 N–H and O–H groups in total. The van der Waals surface area contributed by atoms with Crippen LogP contribution in [0.2, 0.25) is 0 Å². The summed E-state index contributed by atoms with van der Waals surface area (Å²) in [5.74, 6) is 0. The molecule has 0 aromatic rings. The van der Waals surface area contributed by atoms with E-state index in [1.54, 1.807) is 4.90 Å². The van der Waals surface area contributed by atoms with Crippen LogP contribution < -0.4 is 5.32 Å². The molecular weight excluding hydrogens is 229 g/mol. The third-order valence-corrected chi connectivity index (χ3v) is 4.33. The van der Waals surface area contributed by atoms with Crippen LogP contribution in [-0.4, -0.2) is 41.8 Å². The van der Waals surface area contributed by atoms with Crippen LogP contribution in [0.4, 0.5) is 13.2 Å². The molecule has 1 atom stereocenters. The predicted molar refractivity (Wildman–Crippen MR) is 60.9 cm³/mol. The summed E-state index contributed by atoms with van der Waals surface area (Å²) in [5, 5.41) is 3.38. The van der Waals surface area contributed by atoms with Gasteiger partial charge in [-0.15, -0.1) is 0 Å². The first-order valence-electron chi connectivity index (χ1n) is 6.40. The number of alkyl halides is 3. The standard InChI is InChI=1S/C12H21F3N2/c1-3-10(2)9-17(8-4-7-16-10)11(5-6-11)12(13,14)15/h16H,3-9H2,1-2H3. The average Bonchev–Trinajstić information content (AvgIpc) is 3.01. The average molecular weight is 250 g/mol. The summed E-state index contributed by atoms with van der Waals surface area (Å²) in [7, 11) is 0. The Hall–Kier alpha value is -0.290. The molecule has 0 amide bonds. The maximum atomic E-state index is 13.1. The van der Waals surface area contributed by atoms with Gasteiger partial charge in [0.2, 0.25) is 0 Å². The summed E-state index contributed by atoms with van der Waals surface area (Å²) in [5.41, 5.74) is -1.69. The zero-order valence-corrected chi connectivity index (χ0v) is 10.5. The Morgan fingerprint density at radius 3 is 2.41 bits per heavy atom. The fourth-order valence-electron chi connectivity index (χ4n) is 2.72. The lowest BCUT2D eigenvalue weighted by Gasteiger charge is -2.38. The molecule has 2 nitrogen and oxygen atoms in total. The fourth-order valence-corrected chi connectivity index (χ4v) is 2.72. The van der Waals surface area contributed by atoms with Crippen molar-refractivity contribution < 1.29 is 13.2 Å². The normalized spacial score (nSPS) is 34.4. The van der Waals surface area contributed by atoms with Crippen LogP contribution in [0, 0.1) is 0 Å². The molecule has 2 fully saturated rings. The van der Waals surface area contributed by atoms with Crippen molar-refractivity contribution in [1.29, 1.82) is 0 Å². The van der Waals surface area contributed by atoms with E-state index in [0.717, 1.165) is 19.4 Å². The van der Waals surface area contributed by atoms with Crippen LogP contribution in [0.5, 0.6) is 0 Å². The second-order valence-corrected chi connectivity index (χ2v) is 5.65. The minimum Gasteiger partial charge on any atom is -0.310 e. The Balaban J connectivity index is 2.15. The van der Waals surface area contributed by atoms with Crippen LogP contribution in [0.3, 0.4) is 0 Å². The molecule has 1 aliphatic carbocycles. The molecule has 2 rings (SSSR count). The molecule has 0 aromatic carbocycles. The van der Waals surface area contributed by atoms with Crippen molar-refractivity contribution in [3.05, 3.63) is 0 Å². The number of halogens is 3. The predicted octanol–water partition coefficient (Wildman–Crippen LogP) is 2.55. The van der Waals surface area contributed by atoms with Gasteiger partial charge in [0.25, 0.3) is 0 Å². The van der Waals surface area contributed by atoms with Crippen molar-refractivity contribution in [2.45, 2.75) is 56.8 Å². The summed E-state index contributed by atoms with van der Waals surface area (Å²) in [4.78, 5) is 1.68. The summed E-state index contributed by atoms with van der Waals surface area (Å²) in [6.07, 6.45) is -1.87. The molecule has 2 aliphatic rings. The van der Waals surface area contributed by atoms with Crippen LogP contribution in [-0.2, 0) is 0 Å². The van der Waals surface area contributed by atoms with Gasteiger partial charge in [0.1, 0.15) is 5.54 Å². The monoisotopic (exact) mass is 250 g/mol. The van der Waals surface area contributed by atoms with Crippen molar-refractivity contribution >= 4 is 0 Å². The van der Waals surface area contributed by atoms with E-state index < -0.39 is 11.7 Å². The second-order valence-electron chi connectivity index (χ2n) is 5.65. The van der Waals surface area contributed by atoms with Gasteiger partial charge in [0.05, 0.1) is 0 Å². The van der Waals surface area contributed by atoms with Gasteiger partial charge in [-0.3, -0.25) is 4.90 Å². The molecule has 1 unspecified atom stereocenters. The van der Waals surface area contributed by atoms with Gasteiger partial charge in [0, 0.05) is 18.6 Å². The SMILES string of the molecule is CCC1(C)CN(C2(C(F)(F)F)CC2)CCCN1. The molecule has 17 heavy (non-hydrogen) atoms. The molecule has 1 saturated heterocycles. The smallest absolute Gasteiger partial charge is 0.310 e. The lowest BCUT2D eigenvalue weighted by atomic mass is 9.97. The highest BCUT2D eigenvalue weighted by molar-refractivity contribution is 5.11. The van der Waals surface area contributed by atoms with E-state index in [9.17, 15) is 13.2 Å². The maximum Gasteiger partial charge on any atom is 0.406 e. The van der Waals surface area contributed by atoms with Crippen LogP contribution in [0.15, 0.2) is 0 Å². The third-order valence-electron chi connectivity index (χ3n) is 4.33. The highest BCUT2D eigenvalue weighted by atomic mass is 19.4. The van der Waals surface area contributed by atoms with E-state index in [1.807, 2.05) is 13.8 Å². The minimum absolute atomic E-state index is 0.183. The van der Waals surface area contributed by atoms with E-state index in [4.69, 9.17) is 0 Å². The number of hydrogen-bond donors (Lipinski definition) is 1. The van der Waals surface area contributed by atoms with Crippen molar-refractivity contribution in [2.24, 2.45) is 0 Å². The van der Waals surface area contributed by atoms with Gasteiger partial charge < -0.3 is 5.32 Å². The van der Waals surface area contributed by atoms with E-state index in [2.05, 4.69) is 5.32 Å². The van der Waals surface area contributed by atoms with Crippen LogP contribution >= 0.6 is 0 Å². The summed E-state index contributed by atoms with van der Waals surface area (Å²) in [6, 6.07) is 0. The van der Waals surface area contributed by atoms with Crippen molar-refractivity contribution in [3.63, 3.8) is 0 Å². The van der Waals surface area contributed by atoms with Crippen molar-refractivity contribution in [1.82, 2.24) is 10.2 Å². The summed E-state index contributed by atoms with van der Waals surface area (Å²) < 4.78 is 39.3. The molecule has 0 aromatic heterocycles. The zero-order chi connectivity index (χ0) is 12.7. The van der Waals surface area contributed by atoms with Gasteiger partial charge in [0.15, 0.2) is 0 Å². The number of nitrogens with one attached hydrogen (secondary N) is 1. The van der Waals surface area contributed by atoms with Crippen molar-refractivity contribution in [2.75, 3.05) is 19.6 Å². The van der Waals surface area contributed by atoms with E-state index in [0.29, 0.717) is 13.1 Å². The number of hydrogen-bond acceptors (Lipinski definition) is 2. The topological polar surface area (TPSA) is 15.3 Å². The first kappa shape index (κ1) is 13.1. The zero-order valence-electron chi connectivity index (χ0n) is 10.5. The molecule has 0 bridgehead atoms. The Morgan fingerprint density at radius 1 is 1.29 bits per heavy atom. The van der Waals surface area contributed by atoms with Gasteiger partial charge in [-0.25, -0.2) is 0 Å².